The number of phenols is 1. The lowest BCUT2D eigenvalue weighted by Crippen LogP contribution is -1.87. The summed E-state index contributed by atoms with van der Waals surface area (Å²) in [6.45, 7) is 0. The predicted molar refractivity (Wildman–Crippen MR) is 86.7 cm³/mol. The number of phenolic OH excluding ortho intramolecular Hbond substituents is 1. The SMILES string of the molecule is Oc1ccccc1N=Cc1ccc2c3c(cccc13)CC2. The Morgan fingerprint density at radius 3 is 2.52 bits per heavy atom. The van der Waals surface area contributed by atoms with Gasteiger partial charge in [0, 0.05) is 11.8 Å². The van der Waals surface area contributed by atoms with E-state index in [4.69, 9.17) is 0 Å². The molecule has 0 aliphatic heterocycles. The normalized spacial score (nSPS) is 13.3. The van der Waals surface area contributed by atoms with Gasteiger partial charge in [-0.15, -0.1) is 0 Å². The minimum atomic E-state index is 0.208. The number of hydrogen-bond donors (Lipinski definition) is 1. The molecule has 2 heteroatoms. The van der Waals surface area contributed by atoms with Gasteiger partial charge < -0.3 is 5.11 Å². The van der Waals surface area contributed by atoms with Crippen LogP contribution < -0.4 is 0 Å². The van der Waals surface area contributed by atoms with E-state index in [9.17, 15) is 5.11 Å². The summed E-state index contributed by atoms with van der Waals surface area (Å²) in [6.07, 6.45) is 4.11. The molecule has 4 rings (SSSR count). The first kappa shape index (κ1) is 12.2. The van der Waals surface area contributed by atoms with Crippen LogP contribution >= 0.6 is 0 Å². The highest BCUT2D eigenvalue weighted by molar-refractivity contribution is 6.03. The summed E-state index contributed by atoms with van der Waals surface area (Å²) in [5, 5.41) is 12.4. The molecule has 0 spiro atoms. The standard InChI is InChI=1S/C19H15NO/c21-18-7-2-1-6-17(18)20-12-15-11-10-14-9-8-13-4-3-5-16(15)19(13)14/h1-7,10-12,21H,8-9H2. The van der Waals surface area contributed by atoms with Crippen molar-refractivity contribution in [3.05, 3.63) is 71.3 Å². The molecule has 0 saturated carbocycles. The third-order valence-electron chi connectivity index (χ3n) is 4.14. The lowest BCUT2D eigenvalue weighted by Gasteiger charge is -2.05. The van der Waals surface area contributed by atoms with Crippen LogP contribution in [-0.4, -0.2) is 11.3 Å². The van der Waals surface area contributed by atoms with Gasteiger partial charge in [0.2, 0.25) is 0 Å². The Morgan fingerprint density at radius 1 is 0.857 bits per heavy atom. The first-order valence-electron chi connectivity index (χ1n) is 7.18. The van der Waals surface area contributed by atoms with Crippen molar-refractivity contribution in [2.75, 3.05) is 0 Å². The molecule has 102 valence electrons. The second kappa shape index (κ2) is 4.74. The Balaban J connectivity index is 1.84. The van der Waals surface area contributed by atoms with Gasteiger partial charge in [-0.05, 0) is 46.9 Å². The Labute approximate surface area is 123 Å². The summed E-state index contributed by atoms with van der Waals surface area (Å²) < 4.78 is 0. The topological polar surface area (TPSA) is 32.6 Å². The second-order valence-corrected chi connectivity index (χ2v) is 5.40. The maximum absolute atomic E-state index is 9.79. The van der Waals surface area contributed by atoms with Gasteiger partial charge in [-0.3, -0.25) is 4.99 Å². The van der Waals surface area contributed by atoms with E-state index >= 15 is 0 Å². The van der Waals surface area contributed by atoms with Gasteiger partial charge in [-0.25, -0.2) is 0 Å². The Kier molecular flexibility index (Phi) is 2.74. The fourth-order valence-electron chi connectivity index (χ4n) is 3.09. The van der Waals surface area contributed by atoms with Crippen LogP contribution in [0.25, 0.3) is 10.8 Å². The molecule has 0 aromatic heterocycles. The molecular formula is C19H15NO. The summed E-state index contributed by atoms with van der Waals surface area (Å²) in [5.74, 6) is 0.208. The van der Waals surface area contributed by atoms with Crippen molar-refractivity contribution in [1.82, 2.24) is 0 Å². The molecule has 0 fully saturated rings. The lowest BCUT2D eigenvalue weighted by molar-refractivity contribution is 0.477. The molecule has 1 N–H and O–H groups in total. The van der Waals surface area contributed by atoms with Crippen molar-refractivity contribution in [1.29, 1.82) is 0 Å². The highest BCUT2D eigenvalue weighted by Crippen LogP contribution is 2.32. The molecule has 0 unspecified atom stereocenters. The Bertz CT molecular complexity index is 854. The van der Waals surface area contributed by atoms with Gasteiger partial charge in [-0.2, -0.15) is 0 Å². The molecule has 21 heavy (non-hydrogen) atoms. The first-order chi connectivity index (χ1) is 10.3. The third kappa shape index (κ3) is 2.00. The smallest absolute Gasteiger partial charge is 0.141 e. The predicted octanol–water partition coefficient (Wildman–Crippen LogP) is 4.39. The average Bonchev–Trinajstić information content (AvgIpc) is 2.93. The maximum Gasteiger partial charge on any atom is 0.141 e. The molecule has 0 bridgehead atoms. The minimum absolute atomic E-state index is 0.208. The van der Waals surface area contributed by atoms with E-state index in [2.05, 4.69) is 35.3 Å². The Hall–Kier alpha value is -2.61. The molecule has 3 aromatic carbocycles. The van der Waals surface area contributed by atoms with Gasteiger partial charge in [0.05, 0.1) is 0 Å². The van der Waals surface area contributed by atoms with Crippen LogP contribution in [0.3, 0.4) is 0 Å². The summed E-state index contributed by atoms with van der Waals surface area (Å²) in [7, 11) is 0. The molecule has 1 aliphatic carbocycles. The minimum Gasteiger partial charge on any atom is -0.506 e. The van der Waals surface area contributed by atoms with Crippen LogP contribution in [0, 0.1) is 0 Å². The van der Waals surface area contributed by atoms with Crippen molar-refractivity contribution in [2.45, 2.75) is 12.8 Å². The lowest BCUT2D eigenvalue weighted by atomic mass is 10.0. The van der Waals surface area contributed by atoms with E-state index < -0.39 is 0 Å². The zero-order valence-electron chi connectivity index (χ0n) is 11.6. The summed E-state index contributed by atoms with van der Waals surface area (Å²) >= 11 is 0. The fraction of sp³-hybridized carbons (Fsp3) is 0.105. The van der Waals surface area contributed by atoms with E-state index in [1.54, 1.807) is 12.1 Å². The molecule has 0 atom stereocenters. The van der Waals surface area contributed by atoms with Crippen molar-refractivity contribution < 1.29 is 5.11 Å². The van der Waals surface area contributed by atoms with Crippen LogP contribution in [0.5, 0.6) is 5.75 Å². The van der Waals surface area contributed by atoms with Crippen LogP contribution in [0.15, 0.2) is 59.6 Å². The van der Waals surface area contributed by atoms with E-state index in [1.807, 2.05) is 18.3 Å². The number of aromatic hydroxyl groups is 1. The average molecular weight is 273 g/mol. The molecule has 0 saturated heterocycles. The monoisotopic (exact) mass is 273 g/mol. The first-order valence-corrected chi connectivity index (χ1v) is 7.18. The van der Waals surface area contributed by atoms with Crippen LogP contribution in [0.2, 0.25) is 0 Å². The Morgan fingerprint density at radius 2 is 1.67 bits per heavy atom. The zero-order chi connectivity index (χ0) is 14.2. The molecule has 2 nitrogen and oxygen atoms in total. The van der Waals surface area contributed by atoms with Gasteiger partial charge in [-0.1, -0.05) is 42.5 Å². The molecule has 3 aromatic rings. The number of benzene rings is 3. The number of rotatable bonds is 2. The fourth-order valence-corrected chi connectivity index (χ4v) is 3.09. The second-order valence-electron chi connectivity index (χ2n) is 5.40. The van der Waals surface area contributed by atoms with E-state index in [1.165, 1.54) is 21.9 Å². The highest BCUT2D eigenvalue weighted by atomic mass is 16.3. The van der Waals surface area contributed by atoms with E-state index in [-0.39, 0.29) is 5.75 Å². The van der Waals surface area contributed by atoms with Crippen LogP contribution in [0.1, 0.15) is 16.7 Å². The van der Waals surface area contributed by atoms with Crippen LogP contribution in [-0.2, 0) is 12.8 Å². The van der Waals surface area contributed by atoms with E-state index in [0.29, 0.717) is 5.69 Å². The van der Waals surface area contributed by atoms with Crippen molar-refractivity contribution >= 4 is 22.7 Å². The molecular weight excluding hydrogens is 258 g/mol. The van der Waals surface area contributed by atoms with Crippen molar-refractivity contribution in [3.63, 3.8) is 0 Å². The van der Waals surface area contributed by atoms with E-state index in [0.717, 1.165) is 18.4 Å². The number of hydrogen-bond acceptors (Lipinski definition) is 2. The zero-order valence-corrected chi connectivity index (χ0v) is 11.6. The number of para-hydroxylation sites is 2. The maximum atomic E-state index is 9.79. The van der Waals surface area contributed by atoms with Gasteiger partial charge in [0.15, 0.2) is 0 Å². The van der Waals surface area contributed by atoms with Gasteiger partial charge in [0.25, 0.3) is 0 Å². The summed E-state index contributed by atoms with van der Waals surface area (Å²) in [4.78, 5) is 4.43. The van der Waals surface area contributed by atoms with Crippen LogP contribution in [0.4, 0.5) is 5.69 Å². The van der Waals surface area contributed by atoms with Crippen molar-refractivity contribution in [2.24, 2.45) is 4.99 Å². The third-order valence-corrected chi connectivity index (χ3v) is 4.14. The highest BCUT2D eigenvalue weighted by Gasteiger charge is 2.14. The quantitative estimate of drug-likeness (QED) is 0.690. The molecule has 0 radical (unpaired) electrons. The van der Waals surface area contributed by atoms with Gasteiger partial charge in [0.1, 0.15) is 11.4 Å². The number of aryl methyl sites for hydroxylation is 2. The molecule has 0 heterocycles. The van der Waals surface area contributed by atoms with Crippen molar-refractivity contribution in [3.8, 4) is 5.75 Å². The molecule has 1 aliphatic rings. The number of aliphatic imine (C=N–C) groups is 1. The van der Waals surface area contributed by atoms with Gasteiger partial charge >= 0.3 is 0 Å². The molecule has 0 amide bonds. The largest absolute Gasteiger partial charge is 0.506 e. The summed E-state index contributed by atoms with van der Waals surface area (Å²) in [5.41, 5.74) is 4.56. The number of nitrogens with zero attached hydrogens (tertiary/aromatic N) is 1. The summed E-state index contributed by atoms with van der Waals surface area (Å²) in [6, 6.07) is 17.9.